The zero-order valence-electron chi connectivity index (χ0n) is 13.9. The van der Waals surface area contributed by atoms with Crippen molar-refractivity contribution in [1.82, 2.24) is 5.32 Å². The number of rotatable bonds is 10. The standard InChI is InChI=1S/C16H24N2O5S/c1-3-5-6-14(16(20)21)17-15(19)12-7-9-13(10-8-12)18-24(22,23)11-4-2/h7-10,14,18H,3-6,11H2,1-2H3,(H,17,19)(H,20,21)/t14-/m0/s1. The Morgan fingerprint density at radius 3 is 2.25 bits per heavy atom. The van der Waals surface area contributed by atoms with Gasteiger partial charge in [0, 0.05) is 11.3 Å². The lowest BCUT2D eigenvalue weighted by atomic mass is 10.1. The first-order valence-corrected chi connectivity index (χ1v) is 9.58. The average molecular weight is 356 g/mol. The fourth-order valence-electron chi connectivity index (χ4n) is 2.10. The Hall–Kier alpha value is -2.09. The molecule has 0 radical (unpaired) electrons. The number of hydrogen-bond donors (Lipinski definition) is 3. The summed E-state index contributed by atoms with van der Waals surface area (Å²) in [5.41, 5.74) is 0.636. The maximum absolute atomic E-state index is 12.1. The number of carboxylic acid groups (broad SMARTS) is 1. The van der Waals surface area contributed by atoms with Crippen LogP contribution in [0.3, 0.4) is 0 Å². The molecule has 0 bridgehead atoms. The number of unbranched alkanes of at least 4 members (excludes halogenated alkanes) is 1. The van der Waals surface area contributed by atoms with E-state index < -0.39 is 27.9 Å². The molecule has 0 saturated heterocycles. The van der Waals surface area contributed by atoms with Crippen LogP contribution in [-0.4, -0.2) is 37.2 Å². The van der Waals surface area contributed by atoms with Crippen molar-refractivity contribution in [3.05, 3.63) is 29.8 Å². The molecule has 0 heterocycles. The number of sulfonamides is 1. The highest BCUT2D eigenvalue weighted by Gasteiger charge is 2.20. The minimum atomic E-state index is -3.39. The minimum absolute atomic E-state index is 0.0208. The molecule has 7 nitrogen and oxygen atoms in total. The van der Waals surface area contributed by atoms with Gasteiger partial charge in [-0.1, -0.05) is 26.7 Å². The molecule has 1 aromatic rings. The highest BCUT2D eigenvalue weighted by molar-refractivity contribution is 7.92. The summed E-state index contributed by atoms with van der Waals surface area (Å²) in [6.07, 6.45) is 2.41. The van der Waals surface area contributed by atoms with Gasteiger partial charge in [-0.2, -0.15) is 0 Å². The molecule has 0 aliphatic carbocycles. The van der Waals surface area contributed by atoms with Crippen molar-refractivity contribution in [2.45, 2.75) is 45.6 Å². The van der Waals surface area contributed by atoms with Crippen molar-refractivity contribution >= 4 is 27.6 Å². The first kappa shape index (κ1) is 20.0. The largest absolute Gasteiger partial charge is 0.480 e. The van der Waals surface area contributed by atoms with E-state index in [0.717, 1.165) is 6.42 Å². The molecule has 134 valence electrons. The summed E-state index contributed by atoms with van der Waals surface area (Å²) < 4.78 is 25.8. The zero-order valence-corrected chi connectivity index (χ0v) is 14.7. The topological polar surface area (TPSA) is 113 Å². The lowest BCUT2D eigenvalue weighted by Gasteiger charge is -2.14. The molecule has 3 N–H and O–H groups in total. The van der Waals surface area contributed by atoms with Gasteiger partial charge < -0.3 is 10.4 Å². The van der Waals surface area contributed by atoms with Crippen molar-refractivity contribution in [3.63, 3.8) is 0 Å². The second-order valence-corrected chi connectivity index (χ2v) is 7.35. The van der Waals surface area contributed by atoms with Crippen molar-refractivity contribution in [3.8, 4) is 0 Å². The number of nitrogens with one attached hydrogen (secondary N) is 2. The molecule has 1 rings (SSSR count). The molecule has 1 atom stereocenters. The average Bonchev–Trinajstić information content (AvgIpc) is 2.51. The smallest absolute Gasteiger partial charge is 0.326 e. The molecule has 1 amide bonds. The van der Waals surface area contributed by atoms with Gasteiger partial charge in [-0.15, -0.1) is 0 Å². The molecule has 24 heavy (non-hydrogen) atoms. The van der Waals surface area contributed by atoms with E-state index in [1.54, 1.807) is 6.92 Å². The molecule has 0 aliphatic heterocycles. The van der Waals surface area contributed by atoms with Gasteiger partial charge in [0.15, 0.2) is 0 Å². The van der Waals surface area contributed by atoms with Crippen LogP contribution in [0.5, 0.6) is 0 Å². The third-order valence-electron chi connectivity index (χ3n) is 3.34. The van der Waals surface area contributed by atoms with Crippen LogP contribution >= 0.6 is 0 Å². The van der Waals surface area contributed by atoms with E-state index in [9.17, 15) is 18.0 Å². The van der Waals surface area contributed by atoms with Crippen LogP contribution < -0.4 is 10.0 Å². The number of benzene rings is 1. The minimum Gasteiger partial charge on any atom is -0.480 e. The number of carbonyl (C=O) groups is 2. The van der Waals surface area contributed by atoms with Crippen molar-refractivity contribution < 1.29 is 23.1 Å². The third-order valence-corrected chi connectivity index (χ3v) is 4.84. The molecular weight excluding hydrogens is 332 g/mol. The summed E-state index contributed by atoms with van der Waals surface area (Å²) in [5, 5.41) is 11.6. The molecule has 0 spiro atoms. The molecule has 1 aromatic carbocycles. The SMILES string of the molecule is CCCC[C@H](NC(=O)c1ccc(NS(=O)(=O)CCC)cc1)C(=O)O. The predicted molar refractivity (Wildman–Crippen MR) is 92.6 cm³/mol. The number of anilines is 1. The quantitative estimate of drug-likeness (QED) is 0.595. The van der Waals surface area contributed by atoms with Crippen LogP contribution in [0.2, 0.25) is 0 Å². The molecule has 8 heteroatoms. The van der Waals surface area contributed by atoms with Gasteiger partial charge in [0.25, 0.3) is 5.91 Å². The normalized spacial score (nSPS) is 12.4. The van der Waals surface area contributed by atoms with Crippen LogP contribution in [0.15, 0.2) is 24.3 Å². The van der Waals surface area contributed by atoms with Crippen LogP contribution in [0.4, 0.5) is 5.69 Å². The Bertz CT molecular complexity index is 656. The van der Waals surface area contributed by atoms with Crippen LogP contribution in [0.25, 0.3) is 0 Å². The molecule has 0 aromatic heterocycles. The summed E-state index contributed by atoms with van der Waals surface area (Å²) in [5.74, 6) is -1.55. The van der Waals surface area contributed by atoms with Crippen molar-refractivity contribution in [1.29, 1.82) is 0 Å². The second kappa shape index (κ2) is 9.27. The maximum atomic E-state index is 12.1. The number of carbonyl (C=O) groups excluding carboxylic acids is 1. The van der Waals surface area contributed by atoms with E-state index >= 15 is 0 Å². The van der Waals surface area contributed by atoms with E-state index in [4.69, 9.17) is 5.11 Å². The number of amides is 1. The Morgan fingerprint density at radius 1 is 1.12 bits per heavy atom. The van der Waals surface area contributed by atoms with Crippen LogP contribution in [0, 0.1) is 0 Å². The molecular formula is C16H24N2O5S. The summed E-state index contributed by atoms with van der Waals surface area (Å²) in [6.45, 7) is 3.71. The Kier molecular flexibility index (Phi) is 7.70. The van der Waals surface area contributed by atoms with Crippen molar-refractivity contribution in [2.24, 2.45) is 0 Å². The van der Waals surface area contributed by atoms with Crippen LogP contribution in [0.1, 0.15) is 49.9 Å². The maximum Gasteiger partial charge on any atom is 0.326 e. The van der Waals surface area contributed by atoms with E-state index in [1.807, 2.05) is 6.92 Å². The lowest BCUT2D eigenvalue weighted by Crippen LogP contribution is -2.40. The summed E-state index contributed by atoms with van der Waals surface area (Å²) in [4.78, 5) is 23.3. The summed E-state index contributed by atoms with van der Waals surface area (Å²) in [6, 6.07) is 4.93. The van der Waals surface area contributed by atoms with E-state index in [0.29, 0.717) is 24.9 Å². The second-order valence-electron chi connectivity index (χ2n) is 5.50. The molecule has 0 fully saturated rings. The van der Waals surface area contributed by atoms with E-state index in [-0.39, 0.29) is 11.3 Å². The van der Waals surface area contributed by atoms with Gasteiger partial charge >= 0.3 is 5.97 Å². The number of aliphatic carboxylic acids is 1. The van der Waals surface area contributed by atoms with Gasteiger partial charge in [-0.05, 0) is 37.1 Å². The van der Waals surface area contributed by atoms with Gasteiger partial charge in [0.1, 0.15) is 6.04 Å². The van der Waals surface area contributed by atoms with Gasteiger partial charge in [-0.3, -0.25) is 9.52 Å². The highest BCUT2D eigenvalue weighted by atomic mass is 32.2. The van der Waals surface area contributed by atoms with Crippen molar-refractivity contribution in [2.75, 3.05) is 10.5 Å². The third kappa shape index (κ3) is 6.57. The predicted octanol–water partition coefficient (Wildman–Crippen LogP) is 2.21. The van der Waals surface area contributed by atoms with Gasteiger partial charge in [0.05, 0.1) is 5.75 Å². The lowest BCUT2D eigenvalue weighted by molar-refractivity contribution is -0.139. The Morgan fingerprint density at radius 2 is 1.75 bits per heavy atom. The molecule has 0 unspecified atom stereocenters. The first-order chi connectivity index (χ1) is 11.3. The molecule has 0 aliphatic rings. The van der Waals surface area contributed by atoms with E-state index in [2.05, 4.69) is 10.0 Å². The van der Waals surface area contributed by atoms with Gasteiger partial charge in [0.2, 0.25) is 10.0 Å². The monoisotopic (exact) mass is 356 g/mol. The molecule has 0 saturated carbocycles. The number of carboxylic acids is 1. The van der Waals surface area contributed by atoms with E-state index in [1.165, 1.54) is 24.3 Å². The Balaban J connectivity index is 2.74. The first-order valence-electron chi connectivity index (χ1n) is 7.93. The fourth-order valence-corrected chi connectivity index (χ4v) is 3.23. The summed E-state index contributed by atoms with van der Waals surface area (Å²) >= 11 is 0. The zero-order chi connectivity index (χ0) is 18.2. The van der Waals surface area contributed by atoms with Crippen LogP contribution in [-0.2, 0) is 14.8 Å². The highest BCUT2D eigenvalue weighted by Crippen LogP contribution is 2.12. The number of hydrogen-bond acceptors (Lipinski definition) is 4. The fraction of sp³-hybridized carbons (Fsp3) is 0.500. The van der Waals surface area contributed by atoms with Gasteiger partial charge in [-0.25, -0.2) is 13.2 Å². The Labute approximate surface area is 142 Å². The summed E-state index contributed by atoms with van der Waals surface area (Å²) in [7, 11) is -3.39.